The van der Waals surface area contributed by atoms with E-state index in [1.807, 2.05) is 24.5 Å². The Bertz CT molecular complexity index is 981. The van der Waals surface area contributed by atoms with Crippen LogP contribution in [0.25, 0.3) is 22.4 Å². The number of nitrogens with two attached hydrogens (primary N) is 1. The zero-order valence-corrected chi connectivity index (χ0v) is 14.2. The molecule has 0 saturated carbocycles. The number of H-pyrrole nitrogens is 1. The summed E-state index contributed by atoms with van der Waals surface area (Å²) in [5, 5.41) is 5.16. The van der Waals surface area contributed by atoms with Crippen molar-refractivity contribution < 1.29 is 13.2 Å². The molecular formula is C15H15N3O3S2. The van der Waals surface area contributed by atoms with Gasteiger partial charge in [-0.05, 0) is 42.7 Å². The number of sulfonamides is 1. The van der Waals surface area contributed by atoms with Crippen LogP contribution >= 0.6 is 11.8 Å². The van der Waals surface area contributed by atoms with E-state index in [-0.39, 0.29) is 4.90 Å². The van der Waals surface area contributed by atoms with Gasteiger partial charge in [-0.3, -0.25) is 0 Å². The van der Waals surface area contributed by atoms with E-state index >= 15 is 0 Å². The van der Waals surface area contributed by atoms with Crippen molar-refractivity contribution in [2.45, 2.75) is 9.79 Å². The molecule has 0 aliphatic heterocycles. The van der Waals surface area contributed by atoms with Gasteiger partial charge in [0.05, 0.1) is 28.6 Å². The Morgan fingerprint density at radius 3 is 2.65 bits per heavy atom. The van der Waals surface area contributed by atoms with Crippen LogP contribution in [-0.2, 0) is 10.0 Å². The maximum atomic E-state index is 11.4. The summed E-state index contributed by atoms with van der Waals surface area (Å²) in [7, 11) is -2.15. The summed E-state index contributed by atoms with van der Waals surface area (Å²) in [6, 6.07) is 10.4. The number of primary sulfonamides is 1. The monoisotopic (exact) mass is 349 g/mol. The highest BCUT2D eigenvalue weighted by Gasteiger charge is 2.14. The number of thioether (sulfide) groups is 1. The van der Waals surface area contributed by atoms with Crippen molar-refractivity contribution in [2.24, 2.45) is 5.14 Å². The zero-order valence-electron chi connectivity index (χ0n) is 12.5. The molecule has 0 amide bonds. The zero-order chi connectivity index (χ0) is 16.6. The normalized spacial score (nSPS) is 11.8. The first-order valence-electron chi connectivity index (χ1n) is 6.67. The third-order valence-electron chi connectivity index (χ3n) is 3.45. The predicted octanol–water partition coefficient (Wildman–Crippen LogP) is 2.61. The van der Waals surface area contributed by atoms with Crippen LogP contribution in [0, 0.1) is 0 Å². The van der Waals surface area contributed by atoms with Crippen LogP contribution in [0.2, 0.25) is 0 Å². The average molecular weight is 349 g/mol. The Labute approximate surface area is 138 Å². The van der Waals surface area contributed by atoms with Crippen LogP contribution in [-0.4, -0.2) is 31.8 Å². The van der Waals surface area contributed by atoms with Gasteiger partial charge in [-0.25, -0.2) is 18.5 Å². The standard InChI is InChI=1S/C15H15N3O3S2/c1-21-14-7-9(22-2)3-5-11(14)15-17-12-6-4-10(23(16,19)20)8-13(12)18-15/h3-8H,1-2H3,(H,17,18)(H2,16,19,20). The second kappa shape index (κ2) is 5.88. The highest BCUT2D eigenvalue weighted by molar-refractivity contribution is 7.98. The molecule has 0 bridgehead atoms. The lowest BCUT2D eigenvalue weighted by Crippen LogP contribution is -2.11. The van der Waals surface area contributed by atoms with Gasteiger partial charge in [-0.2, -0.15) is 0 Å². The summed E-state index contributed by atoms with van der Waals surface area (Å²) in [5.74, 6) is 1.30. The van der Waals surface area contributed by atoms with Crippen molar-refractivity contribution in [1.29, 1.82) is 0 Å². The summed E-state index contributed by atoms with van der Waals surface area (Å²) in [5.41, 5.74) is 2.06. The average Bonchev–Trinajstić information content (AvgIpc) is 2.96. The fraction of sp³-hybridized carbons (Fsp3) is 0.133. The lowest BCUT2D eigenvalue weighted by atomic mass is 10.2. The molecule has 8 heteroatoms. The Morgan fingerprint density at radius 1 is 1.22 bits per heavy atom. The van der Waals surface area contributed by atoms with Crippen molar-refractivity contribution in [3.8, 4) is 17.1 Å². The Morgan fingerprint density at radius 2 is 2.00 bits per heavy atom. The Hall–Kier alpha value is -2.03. The van der Waals surface area contributed by atoms with E-state index in [0.717, 1.165) is 16.0 Å². The van der Waals surface area contributed by atoms with Crippen LogP contribution in [0.4, 0.5) is 0 Å². The van der Waals surface area contributed by atoms with E-state index in [9.17, 15) is 8.42 Å². The molecule has 1 heterocycles. The number of benzene rings is 2. The molecule has 120 valence electrons. The van der Waals surface area contributed by atoms with Gasteiger partial charge in [-0.15, -0.1) is 11.8 Å². The van der Waals surface area contributed by atoms with Crippen molar-refractivity contribution in [2.75, 3.05) is 13.4 Å². The summed E-state index contributed by atoms with van der Waals surface area (Å²) < 4.78 is 28.3. The molecule has 0 saturated heterocycles. The topological polar surface area (TPSA) is 98.1 Å². The van der Waals surface area contributed by atoms with E-state index in [2.05, 4.69) is 9.97 Å². The number of nitrogens with one attached hydrogen (secondary N) is 1. The molecule has 0 aliphatic rings. The van der Waals surface area contributed by atoms with E-state index in [0.29, 0.717) is 17.1 Å². The molecule has 3 rings (SSSR count). The SMILES string of the molecule is COc1cc(SC)ccc1-c1nc2cc(S(N)(=O)=O)ccc2[nH]1. The molecule has 6 nitrogen and oxygen atoms in total. The van der Waals surface area contributed by atoms with Crippen LogP contribution in [0.15, 0.2) is 46.2 Å². The number of aromatic nitrogens is 2. The van der Waals surface area contributed by atoms with Gasteiger partial charge in [0.1, 0.15) is 11.6 Å². The van der Waals surface area contributed by atoms with Crippen molar-refractivity contribution in [3.63, 3.8) is 0 Å². The number of methoxy groups -OCH3 is 1. The quantitative estimate of drug-likeness (QED) is 0.706. The smallest absolute Gasteiger partial charge is 0.238 e. The molecule has 3 aromatic rings. The fourth-order valence-corrected chi connectivity index (χ4v) is 3.25. The van der Waals surface area contributed by atoms with Gasteiger partial charge >= 0.3 is 0 Å². The number of nitrogens with zero attached hydrogens (tertiary/aromatic N) is 1. The molecule has 23 heavy (non-hydrogen) atoms. The van der Waals surface area contributed by atoms with E-state index in [1.54, 1.807) is 24.9 Å². The number of hydrogen-bond donors (Lipinski definition) is 2. The van der Waals surface area contributed by atoms with Crippen LogP contribution in [0.1, 0.15) is 0 Å². The second-order valence-electron chi connectivity index (χ2n) is 4.88. The second-order valence-corrected chi connectivity index (χ2v) is 7.32. The minimum absolute atomic E-state index is 0.0349. The molecule has 0 atom stereocenters. The number of fused-ring (bicyclic) bond motifs is 1. The van der Waals surface area contributed by atoms with Crippen LogP contribution in [0.3, 0.4) is 0 Å². The molecular weight excluding hydrogens is 334 g/mol. The van der Waals surface area contributed by atoms with E-state index < -0.39 is 10.0 Å². The number of imidazole rings is 1. The van der Waals surface area contributed by atoms with Gasteiger partial charge in [0.25, 0.3) is 0 Å². The van der Waals surface area contributed by atoms with Crippen molar-refractivity contribution >= 4 is 32.8 Å². The minimum Gasteiger partial charge on any atom is -0.496 e. The molecule has 2 aromatic carbocycles. The van der Waals surface area contributed by atoms with Crippen LogP contribution < -0.4 is 9.88 Å². The molecule has 0 fully saturated rings. The lowest BCUT2D eigenvalue weighted by Gasteiger charge is -2.07. The molecule has 0 unspecified atom stereocenters. The molecule has 0 radical (unpaired) electrons. The molecule has 0 spiro atoms. The summed E-state index contributed by atoms with van der Waals surface area (Å²) in [6.45, 7) is 0. The first-order valence-corrected chi connectivity index (χ1v) is 9.44. The van der Waals surface area contributed by atoms with Gasteiger partial charge in [-0.1, -0.05) is 0 Å². The number of aromatic amines is 1. The van der Waals surface area contributed by atoms with Gasteiger partial charge in [0.2, 0.25) is 10.0 Å². The molecule has 0 aliphatic carbocycles. The number of ether oxygens (including phenoxy) is 1. The first kappa shape index (κ1) is 15.9. The van der Waals surface area contributed by atoms with Crippen LogP contribution in [0.5, 0.6) is 5.75 Å². The molecule has 3 N–H and O–H groups in total. The lowest BCUT2D eigenvalue weighted by molar-refractivity contribution is 0.415. The maximum Gasteiger partial charge on any atom is 0.238 e. The largest absolute Gasteiger partial charge is 0.496 e. The van der Waals surface area contributed by atoms with Gasteiger partial charge in [0.15, 0.2) is 0 Å². The first-order chi connectivity index (χ1) is 10.9. The minimum atomic E-state index is -3.75. The Balaban J connectivity index is 2.14. The maximum absolute atomic E-state index is 11.4. The summed E-state index contributed by atoms with van der Waals surface area (Å²) in [6.07, 6.45) is 1.99. The van der Waals surface area contributed by atoms with Gasteiger partial charge < -0.3 is 9.72 Å². The summed E-state index contributed by atoms with van der Waals surface area (Å²) in [4.78, 5) is 8.74. The van der Waals surface area contributed by atoms with E-state index in [4.69, 9.17) is 9.88 Å². The Kier molecular flexibility index (Phi) is 4.05. The van der Waals surface area contributed by atoms with Crippen molar-refractivity contribution in [1.82, 2.24) is 9.97 Å². The highest BCUT2D eigenvalue weighted by atomic mass is 32.2. The third-order valence-corrected chi connectivity index (χ3v) is 5.08. The third kappa shape index (κ3) is 3.05. The molecule has 1 aromatic heterocycles. The van der Waals surface area contributed by atoms with E-state index in [1.165, 1.54) is 12.1 Å². The van der Waals surface area contributed by atoms with Gasteiger partial charge in [0, 0.05) is 4.90 Å². The number of hydrogen-bond acceptors (Lipinski definition) is 5. The predicted molar refractivity (Wildman–Crippen MR) is 91.2 cm³/mol. The number of rotatable bonds is 4. The highest BCUT2D eigenvalue weighted by Crippen LogP contribution is 2.33. The van der Waals surface area contributed by atoms with Crippen molar-refractivity contribution in [3.05, 3.63) is 36.4 Å². The fourth-order valence-electron chi connectivity index (χ4n) is 2.28. The summed E-state index contributed by atoms with van der Waals surface area (Å²) >= 11 is 1.62.